The Labute approximate surface area is 322 Å². The van der Waals surface area contributed by atoms with E-state index in [2.05, 4.69) is 15.1 Å². The molecule has 298 valence electrons. The topological polar surface area (TPSA) is 173 Å². The van der Waals surface area contributed by atoms with Crippen LogP contribution in [0, 0.1) is 17.1 Å². The van der Waals surface area contributed by atoms with Gasteiger partial charge in [0.1, 0.15) is 17.5 Å². The van der Waals surface area contributed by atoms with Crippen molar-refractivity contribution in [3.8, 4) is 0 Å². The molecule has 3 aliphatic heterocycles. The minimum absolute atomic E-state index is 0.0182. The molecule has 2 aromatic rings. The van der Waals surface area contributed by atoms with Gasteiger partial charge >= 0.3 is 6.09 Å². The first-order chi connectivity index (χ1) is 26.1. The molecule has 55 heavy (non-hydrogen) atoms. The number of carbonyl (C=O) groups is 5. The quantitative estimate of drug-likeness (QED) is 0.293. The van der Waals surface area contributed by atoms with E-state index in [1.54, 1.807) is 66.7 Å². The van der Waals surface area contributed by atoms with E-state index in [4.69, 9.17) is 15.9 Å². The fourth-order valence-corrected chi connectivity index (χ4v) is 7.39. The van der Waals surface area contributed by atoms with Crippen LogP contribution in [0.15, 0.2) is 42.5 Å². The van der Waals surface area contributed by atoms with Crippen molar-refractivity contribution in [3.05, 3.63) is 70.5 Å². The van der Waals surface area contributed by atoms with E-state index >= 15 is 0 Å². The van der Waals surface area contributed by atoms with Crippen LogP contribution in [-0.4, -0.2) is 150 Å². The zero-order valence-corrected chi connectivity index (χ0v) is 32.4. The van der Waals surface area contributed by atoms with E-state index in [0.29, 0.717) is 49.8 Å². The summed E-state index contributed by atoms with van der Waals surface area (Å²) < 4.78 is 20.2. The van der Waals surface area contributed by atoms with Gasteiger partial charge in [0.15, 0.2) is 0 Å². The molecular formula is C40H55FN8O6. The Morgan fingerprint density at radius 3 is 2.05 bits per heavy atom. The van der Waals surface area contributed by atoms with Gasteiger partial charge in [0.2, 0.25) is 17.7 Å². The predicted molar refractivity (Wildman–Crippen MR) is 205 cm³/mol. The van der Waals surface area contributed by atoms with Crippen LogP contribution in [0.1, 0.15) is 72.4 Å². The Bertz CT molecular complexity index is 1740. The molecule has 0 spiro atoms. The maximum Gasteiger partial charge on any atom is 0.408 e. The number of piperidine rings is 1. The van der Waals surface area contributed by atoms with Crippen molar-refractivity contribution >= 4 is 35.4 Å². The van der Waals surface area contributed by atoms with Gasteiger partial charge in [-0.1, -0.05) is 24.3 Å². The number of nitrogens with one attached hydrogen (secondary N) is 2. The van der Waals surface area contributed by atoms with Crippen molar-refractivity contribution < 1.29 is 33.1 Å². The second kappa shape index (κ2) is 18.2. The van der Waals surface area contributed by atoms with Crippen molar-refractivity contribution in [1.82, 2.24) is 29.8 Å². The summed E-state index contributed by atoms with van der Waals surface area (Å²) in [6.07, 6.45) is 1.44. The zero-order chi connectivity index (χ0) is 39.9. The summed E-state index contributed by atoms with van der Waals surface area (Å²) >= 11 is 0. The number of rotatable bonds is 11. The summed E-state index contributed by atoms with van der Waals surface area (Å²) in [7, 11) is 0. The van der Waals surface area contributed by atoms with Gasteiger partial charge in [0.25, 0.3) is 5.91 Å². The van der Waals surface area contributed by atoms with E-state index < -0.39 is 35.4 Å². The molecule has 0 bridgehead atoms. The third-order valence-corrected chi connectivity index (χ3v) is 10.4. The molecule has 3 saturated heterocycles. The molecule has 2 aromatic carbocycles. The molecule has 0 aliphatic carbocycles. The van der Waals surface area contributed by atoms with Crippen molar-refractivity contribution in [1.29, 1.82) is 5.41 Å². The molecule has 3 fully saturated rings. The van der Waals surface area contributed by atoms with Gasteiger partial charge in [-0.3, -0.25) is 29.0 Å². The highest BCUT2D eigenvalue weighted by Gasteiger charge is 2.31. The number of hydrogen-bond acceptors (Lipinski definition) is 9. The van der Waals surface area contributed by atoms with Crippen molar-refractivity contribution in [3.63, 3.8) is 0 Å². The normalized spacial score (nSPS) is 18.1. The first kappa shape index (κ1) is 41.3. The number of halogens is 1. The number of piperazine rings is 2. The van der Waals surface area contributed by atoms with Gasteiger partial charge in [-0.15, -0.1) is 0 Å². The fourth-order valence-electron chi connectivity index (χ4n) is 7.39. The average Bonchev–Trinajstić information content (AvgIpc) is 3.15. The molecule has 14 nitrogen and oxygen atoms in total. The summed E-state index contributed by atoms with van der Waals surface area (Å²) in [5.74, 6) is -1.35. The highest BCUT2D eigenvalue weighted by Crippen LogP contribution is 2.21. The Morgan fingerprint density at radius 2 is 1.44 bits per heavy atom. The van der Waals surface area contributed by atoms with Gasteiger partial charge < -0.3 is 35.9 Å². The van der Waals surface area contributed by atoms with Gasteiger partial charge in [0.05, 0.1) is 12.1 Å². The SMILES string of the molecule is CC(NC(=O)OC(C)(C)C)C(=O)N1CCN(CC2CCN(CC(=O)N3CCN(C(=O)c4cc(CC(=N)c5ccccc5C(N)=O)ccc4F)CC3)CC2)CC1. The van der Waals surface area contributed by atoms with Crippen LogP contribution < -0.4 is 11.1 Å². The molecule has 5 amide bonds. The van der Waals surface area contributed by atoms with Crippen LogP contribution >= 0.6 is 0 Å². The van der Waals surface area contributed by atoms with E-state index in [1.165, 1.54) is 18.2 Å². The first-order valence-electron chi connectivity index (χ1n) is 19.1. The lowest BCUT2D eigenvalue weighted by Gasteiger charge is -2.40. The Hall–Kier alpha value is -4.89. The number of nitrogens with two attached hydrogens (primary N) is 1. The lowest BCUT2D eigenvalue weighted by atomic mass is 9.96. The van der Waals surface area contributed by atoms with Gasteiger partial charge in [0, 0.05) is 82.2 Å². The number of likely N-dealkylation sites (tertiary alicyclic amines) is 1. The number of hydrogen-bond donors (Lipinski definition) is 3. The molecule has 1 atom stereocenters. The number of alkyl carbamates (subject to hydrolysis) is 1. The molecule has 5 rings (SSSR count). The summed E-state index contributed by atoms with van der Waals surface area (Å²) in [4.78, 5) is 73.2. The second-order valence-electron chi connectivity index (χ2n) is 15.8. The molecular weight excluding hydrogens is 707 g/mol. The smallest absolute Gasteiger partial charge is 0.408 e. The van der Waals surface area contributed by atoms with Crippen LogP contribution in [0.25, 0.3) is 0 Å². The largest absolute Gasteiger partial charge is 0.444 e. The Morgan fingerprint density at radius 1 is 0.836 bits per heavy atom. The standard InChI is InChI=1S/C40H55FN8O6/c1-27(44-39(54)55-40(2,3)4)37(52)48-17-15-46(16-18-48)25-28-11-13-45(14-12-28)26-35(50)47-19-21-49(22-20-47)38(53)32-23-29(9-10-33(32)41)24-34(42)30-7-5-6-8-31(30)36(43)51/h5-10,23,27-28,42H,11-22,24-26H2,1-4H3,(H2,43,51)(H,44,54). The van der Waals surface area contributed by atoms with Gasteiger partial charge in [-0.05, 0) is 83.3 Å². The van der Waals surface area contributed by atoms with E-state index in [-0.39, 0.29) is 48.2 Å². The number of benzene rings is 2. The molecule has 1 unspecified atom stereocenters. The second-order valence-corrected chi connectivity index (χ2v) is 15.8. The van der Waals surface area contributed by atoms with E-state index in [0.717, 1.165) is 45.6 Å². The number of primary amides is 1. The number of nitrogens with zero attached hydrogens (tertiary/aromatic N) is 5. The summed E-state index contributed by atoms with van der Waals surface area (Å²) in [5, 5.41) is 11.2. The monoisotopic (exact) mass is 762 g/mol. The van der Waals surface area contributed by atoms with Crippen LogP contribution in [0.5, 0.6) is 0 Å². The highest BCUT2D eigenvalue weighted by atomic mass is 19.1. The van der Waals surface area contributed by atoms with Gasteiger partial charge in [-0.2, -0.15) is 0 Å². The maximum atomic E-state index is 14.9. The Kier molecular flexibility index (Phi) is 13.6. The third-order valence-electron chi connectivity index (χ3n) is 10.4. The van der Waals surface area contributed by atoms with Crippen LogP contribution in [0.4, 0.5) is 9.18 Å². The van der Waals surface area contributed by atoms with E-state index in [9.17, 15) is 28.4 Å². The molecule has 4 N–H and O–H groups in total. The third kappa shape index (κ3) is 11.3. The van der Waals surface area contributed by atoms with Crippen molar-refractivity contribution in [2.75, 3.05) is 78.5 Å². The summed E-state index contributed by atoms with van der Waals surface area (Å²) in [6, 6.07) is 10.1. The minimum Gasteiger partial charge on any atom is -0.444 e. The summed E-state index contributed by atoms with van der Waals surface area (Å²) in [5.41, 5.74) is 6.05. The van der Waals surface area contributed by atoms with Gasteiger partial charge in [-0.25, -0.2) is 9.18 Å². The Balaban J connectivity index is 1.01. The molecule has 15 heteroatoms. The predicted octanol–water partition coefficient (Wildman–Crippen LogP) is 2.59. The highest BCUT2D eigenvalue weighted by molar-refractivity contribution is 6.09. The molecule has 0 aromatic heterocycles. The van der Waals surface area contributed by atoms with Crippen molar-refractivity contribution in [2.45, 2.75) is 58.6 Å². The van der Waals surface area contributed by atoms with Crippen LogP contribution in [0.3, 0.4) is 0 Å². The molecule has 3 heterocycles. The fraction of sp³-hybridized carbons (Fsp3) is 0.550. The van der Waals surface area contributed by atoms with Crippen LogP contribution in [-0.2, 0) is 20.7 Å². The van der Waals surface area contributed by atoms with E-state index in [1.807, 2.05) is 0 Å². The lowest BCUT2D eigenvalue weighted by Crippen LogP contribution is -2.55. The summed E-state index contributed by atoms with van der Waals surface area (Å²) in [6.45, 7) is 14.0. The molecule has 0 saturated carbocycles. The zero-order valence-electron chi connectivity index (χ0n) is 32.4. The average molecular weight is 763 g/mol. The number of ether oxygens (including phenoxy) is 1. The minimum atomic E-state index is -0.664. The first-order valence-corrected chi connectivity index (χ1v) is 19.1. The molecule has 0 radical (unpaired) electrons. The van der Waals surface area contributed by atoms with Crippen molar-refractivity contribution in [2.24, 2.45) is 11.7 Å². The van der Waals surface area contributed by atoms with Crippen LogP contribution in [0.2, 0.25) is 0 Å². The number of carbonyl (C=O) groups excluding carboxylic acids is 5. The number of amides is 5. The lowest BCUT2D eigenvalue weighted by molar-refractivity contribution is -0.135. The maximum absolute atomic E-state index is 14.9. The molecule has 3 aliphatic rings.